The molecule has 2 aromatic rings. The van der Waals surface area contributed by atoms with Crippen LogP contribution in [0.3, 0.4) is 0 Å². The molecule has 0 fully saturated rings. The summed E-state index contributed by atoms with van der Waals surface area (Å²) in [5, 5.41) is 17.8. The second-order valence-electron chi connectivity index (χ2n) is 5.07. The van der Waals surface area contributed by atoms with Crippen molar-refractivity contribution in [2.45, 2.75) is 44.9 Å². The molecule has 2 N–H and O–H groups in total. The summed E-state index contributed by atoms with van der Waals surface area (Å²) in [6.45, 7) is 4.27. The first-order valence-electron chi connectivity index (χ1n) is 6.63. The highest BCUT2D eigenvalue weighted by molar-refractivity contribution is 7.07. The summed E-state index contributed by atoms with van der Waals surface area (Å²) >= 11 is 1.73. The number of nitrogens with one attached hydrogen (secondary N) is 1. The van der Waals surface area contributed by atoms with Crippen molar-refractivity contribution < 1.29 is 9.52 Å². The molecule has 3 atom stereocenters. The predicted octanol–water partition coefficient (Wildman–Crippen LogP) is 3.37. The number of aliphatic hydroxyl groups excluding tert-OH is 1. The van der Waals surface area contributed by atoms with Crippen LogP contribution in [0.25, 0.3) is 0 Å². The van der Waals surface area contributed by atoms with E-state index in [1.54, 1.807) is 23.7 Å². The van der Waals surface area contributed by atoms with Gasteiger partial charge in [-0.1, -0.05) is 0 Å². The Bertz CT molecular complexity index is 452. The fourth-order valence-corrected chi connectivity index (χ4v) is 2.99. The van der Waals surface area contributed by atoms with Crippen molar-refractivity contribution in [3.63, 3.8) is 0 Å². The molecule has 0 spiro atoms. The van der Waals surface area contributed by atoms with Gasteiger partial charge in [0.15, 0.2) is 0 Å². The quantitative estimate of drug-likeness (QED) is 0.816. The predicted molar refractivity (Wildman–Crippen MR) is 78.4 cm³/mol. The molecule has 0 amide bonds. The van der Waals surface area contributed by atoms with Crippen molar-refractivity contribution in [3.05, 3.63) is 46.5 Å². The number of rotatable bonds is 7. The summed E-state index contributed by atoms with van der Waals surface area (Å²) in [5.41, 5.74) is 1.36. The van der Waals surface area contributed by atoms with Crippen molar-refractivity contribution >= 4 is 11.3 Å². The van der Waals surface area contributed by atoms with Gasteiger partial charge in [0.25, 0.3) is 0 Å². The summed E-state index contributed by atoms with van der Waals surface area (Å²) in [4.78, 5) is 0. The maximum absolute atomic E-state index is 10.0. The third kappa shape index (κ3) is 4.49. The molecule has 2 rings (SSSR count). The highest BCUT2D eigenvalue weighted by atomic mass is 32.1. The maximum atomic E-state index is 10.0. The van der Waals surface area contributed by atoms with Crippen molar-refractivity contribution in [2.75, 3.05) is 0 Å². The van der Waals surface area contributed by atoms with E-state index < -0.39 is 6.10 Å². The van der Waals surface area contributed by atoms with Crippen LogP contribution in [0.1, 0.15) is 37.7 Å². The minimum Gasteiger partial charge on any atom is -0.467 e. The van der Waals surface area contributed by atoms with Crippen LogP contribution in [-0.2, 0) is 6.42 Å². The van der Waals surface area contributed by atoms with E-state index in [2.05, 4.69) is 36.0 Å². The second kappa shape index (κ2) is 6.89. The van der Waals surface area contributed by atoms with Gasteiger partial charge in [-0.3, -0.25) is 0 Å². The van der Waals surface area contributed by atoms with Gasteiger partial charge in [0.1, 0.15) is 11.9 Å². The Morgan fingerprint density at radius 3 is 2.79 bits per heavy atom. The zero-order chi connectivity index (χ0) is 13.7. The van der Waals surface area contributed by atoms with Gasteiger partial charge < -0.3 is 14.8 Å². The Balaban J connectivity index is 1.76. The van der Waals surface area contributed by atoms with Gasteiger partial charge in [-0.05, 0) is 61.2 Å². The normalized spacial score (nSPS) is 16.2. The van der Waals surface area contributed by atoms with Crippen LogP contribution in [0, 0.1) is 0 Å². The molecule has 0 radical (unpaired) electrons. The number of hydrogen-bond donors (Lipinski definition) is 2. The SMILES string of the molecule is CC(Cc1ccsc1)NC(C)CC(O)c1ccco1. The molecule has 3 unspecified atom stereocenters. The van der Waals surface area contributed by atoms with Crippen LogP contribution in [0.4, 0.5) is 0 Å². The molecule has 2 aromatic heterocycles. The van der Waals surface area contributed by atoms with Gasteiger partial charge in [0, 0.05) is 12.1 Å². The Morgan fingerprint density at radius 2 is 2.16 bits per heavy atom. The zero-order valence-corrected chi connectivity index (χ0v) is 12.2. The summed E-state index contributed by atoms with van der Waals surface area (Å²) in [7, 11) is 0. The van der Waals surface area contributed by atoms with Gasteiger partial charge in [-0.2, -0.15) is 11.3 Å². The van der Waals surface area contributed by atoms with Gasteiger partial charge in [-0.25, -0.2) is 0 Å². The summed E-state index contributed by atoms with van der Waals surface area (Å²) in [6.07, 6.45) is 2.73. The molecular weight excluding hydrogens is 258 g/mol. The largest absolute Gasteiger partial charge is 0.467 e. The summed E-state index contributed by atoms with van der Waals surface area (Å²) in [5.74, 6) is 0.638. The van der Waals surface area contributed by atoms with Crippen LogP contribution >= 0.6 is 11.3 Å². The summed E-state index contributed by atoms with van der Waals surface area (Å²) < 4.78 is 5.21. The van der Waals surface area contributed by atoms with Gasteiger partial charge in [-0.15, -0.1) is 0 Å². The lowest BCUT2D eigenvalue weighted by Gasteiger charge is -2.21. The third-order valence-electron chi connectivity index (χ3n) is 3.14. The molecule has 2 heterocycles. The average molecular weight is 279 g/mol. The lowest BCUT2D eigenvalue weighted by Crippen LogP contribution is -2.36. The van der Waals surface area contributed by atoms with E-state index in [1.807, 2.05) is 6.07 Å². The fourth-order valence-electron chi connectivity index (χ4n) is 2.31. The van der Waals surface area contributed by atoms with Crippen molar-refractivity contribution in [1.29, 1.82) is 0 Å². The summed E-state index contributed by atoms with van der Waals surface area (Å²) in [6, 6.07) is 6.41. The van der Waals surface area contributed by atoms with Crippen LogP contribution < -0.4 is 5.32 Å². The number of hydrogen-bond acceptors (Lipinski definition) is 4. The fraction of sp³-hybridized carbons (Fsp3) is 0.467. The van der Waals surface area contributed by atoms with E-state index in [-0.39, 0.29) is 6.04 Å². The molecule has 0 aliphatic rings. The minimum absolute atomic E-state index is 0.244. The molecule has 3 nitrogen and oxygen atoms in total. The molecule has 4 heteroatoms. The smallest absolute Gasteiger partial charge is 0.132 e. The Labute approximate surface area is 118 Å². The van der Waals surface area contributed by atoms with Crippen LogP contribution in [0.15, 0.2) is 39.6 Å². The lowest BCUT2D eigenvalue weighted by atomic mass is 10.1. The van der Waals surface area contributed by atoms with Gasteiger partial charge in [0.05, 0.1) is 6.26 Å². The monoisotopic (exact) mass is 279 g/mol. The van der Waals surface area contributed by atoms with E-state index in [9.17, 15) is 5.11 Å². The molecule has 104 valence electrons. The Kier molecular flexibility index (Phi) is 5.19. The first-order chi connectivity index (χ1) is 9.15. The topological polar surface area (TPSA) is 45.4 Å². The zero-order valence-electron chi connectivity index (χ0n) is 11.4. The first-order valence-corrected chi connectivity index (χ1v) is 7.58. The van der Waals surface area contributed by atoms with Crippen LogP contribution in [-0.4, -0.2) is 17.2 Å². The number of furan rings is 1. The molecule has 0 saturated heterocycles. The molecule has 0 aliphatic heterocycles. The van der Waals surface area contributed by atoms with Gasteiger partial charge in [0.2, 0.25) is 0 Å². The minimum atomic E-state index is -0.536. The molecule has 0 saturated carbocycles. The molecule has 19 heavy (non-hydrogen) atoms. The highest BCUT2D eigenvalue weighted by Gasteiger charge is 2.16. The molecule has 0 bridgehead atoms. The van der Waals surface area contributed by atoms with E-state index in [4.69, 9.17) is 4.42 Å². The third-order valence-corrected chi connectivity index (χ3v) is 3.87. The Morgan fingerprint density at radius 1 is 1.32 bits per heavy atom. The molecular formula is C15H21NO2S. The van der Waals surface area contributed by atoms with E-state index in [0.29, 0.717) is 18.2 Å². The van der Waals surface area contributed by atoms with Crippen LogP contribution in [0.5, 0.6) is 0 Å². The maximum Gasteiger partial charge on any atom is 0.132 e. The average Bonchev–Trinajstić information content (AvgIpc) is 3.00. The Hall–Kier alpha value is -1.10. The number of thiophene rings is 1. The molecule has 0 aromatic carbocycles. The van der Waals surface area contributed by atoms with Crippen LogP contribution in [0.2, 0.25) is 0 Å². The van der Waals surface area contributed by atoms with Crippen molar-refractivity contribution in [1.82, 2.24) is 5.32 Å². The van der Waals surface area contributed by atoms with E-state index in [1.165, 1.54) is 5.56 Å². The molecule has 0 aliphatic carbocycles. The first kappa shape index (κ1) is 14.3. The second-order valence-corrected chi connectivity index (χ2v) is 5.85. The number of aliphatic hydroxyl groups is 1. The standard InChI is InChI=1S/C15H21NO2S/c1-11(8-13-5-7-19-10-13)16-12(2)9-14(17)15-4-3-6-18-15/h3-7,10-12,14,16-17H,8-9H2,1-2H3. The van der Waals surface area contributed by atoms with Gasteiger partial charge >= 0.3 is 0 Å². The van der Waals surface area contributed by atoms with E-state index in [0.717, 1.165) is 6.42 Å². The van der Waals surface area contributed by atoms with E-state index >= 15 is 0 Å². The van der Waals surface area contributed by atoms with Crippen molar-refractivity contribution in [3.8, 4) is 0 Å². The van der Waals surface area contributed by atoms with Crippen molar-refractivity contribution in [2.24, 2.45) is 0 Å². The lowest BCUT2D eigenvalue weighted by molar-refractivity contribution is 0.127. The highest BCUT2D eigenvalue weighted by Crippen LogP contribution is 2.19.